The van der Waals surface area contributed by atoms with E-state index < -0.39 is 58.1 Å². The van der Waals surface area contributed by atoms with Gasteiger partial charge in [0.1, 0.15) is 19.3 Å². The van der Waals surface area contributed by atoms with Gasteiger partial charge in [-0.2, -0.15) is 13.2 Å². The smallest absolute Gasteiger partial charge is 0.416 e. The molecule has 1 aliphatic rings. The number of nitrogens with one attached hydrogen (secondary N) is 2. The van der Waals surface area contributed by atoms with Gasteiger partial charge >= 0.3 is 24.3 Å². The molecule has 2 amide bonds. The second kappa shape index (κ2) is 15.1. The molecule has 0 radical (unpaired) electrons. The van der Waals surface area contributed by atoms with Crippen molar-refractivity contribution in [1.29, 1.82) is 0 Å². The number of alkyl halides is 3. The fourth-order valence-corrected chi connectivity index (χ4v) is 6.19. The van der Waals surface area contributed by atoms with Gasteiger partial charge in [0.15, 0.2) is 9.84 Å². The quantitative estimate of drug-likeness (QED) is 0.140. The van der Waals surface area contributed by atoms with E-state index >= 15 is 0 Å². The molecule has 1 atom stereocenters. The second-order valence-corrected chi connectivity index (χ2v) is 12.6. The summed E-state index contributed by atoms with van der Waals surface area (Å²) in [5.41, 5.74) is 3.43. The van der Waals surface area contributed by atoms with Crippen molar-refractivity contribution in [2.24, 2.45) is 0 Å². The van der Waals surface area contributed by atoms with E-state index in [-0.39, 0.29) is 30.4 Å². The normalized spacial score (nSPS) is 13.2. The van der Waals surface area contributed by atoms with Crippen LogP contribution in [0.15, 0.2) is 77.7 Å². The third kappa shape index (κ3) is 8.77. The molecule has 0 spiro atoms. The molecule has 2 N–H and O–H groups in total. The highest BCUT2D eigenvalue weighted by Gasteiger charge is 2.31. The SMILES string of the molecule is COC(=O)[C@H](CCCCNC(=O)OCC1c2ccccc2-c2ccccc21)NC(=O)OCCS(=O)(=O)c1ccc(C(F)(F)F)cc1. The number of carbonyl (C=O) groups is 3. The first-order valence-corrected chi connectivity index (χ1v) is 16.1. The zero-order valence-electron chi connectivity index (χ0n) is 24.8. The fourth-order valence-electron chi connectivity index (χ4n) is 5.10. The highest BCUT2D eigenvalue weighted by Crippen LogP contribution is 2.44. The number of fused-ring (bicyclic) bond motifs is 3. The largest absolute Gasteiger partial charge is 0.467 e. The molecule has 0 heterocycles. The molecule has 246 valence electrons. The van der Waals surface area contributed by atoms with Crippen LogP contribution in [0.3, 0.4) is 0 Å². The molecule has 3 aromatic rings. The van der Waals surface area contributed by atoms with Gasteiger partial charge in [-0.3, -0.25) is 0 Å². The fraction of sp³-hybridized carbons (Fsp3) is 0.344. The molecule has 0 fully saturated rings. The van der Waals surface area contributed by atoms with E-state index in [0.717, 1.165) is 41.5 Å². The summed E-state index contributed by atoms with van der Waals surface area (Å²) in [6, 6.07) is 17.8. The molecule has 1 aliphatic carbocycles. The van der Waals surface area contributed by atoms with Crippen molar-refractivity contribution in [3.8, 4) is 11.1 Å². The average molecular weight is 663 g/mol. The average Bonchev–Trinajstić information content (AvgIpc) is 3.35. The highest BCUT2D eigenvalue weighted by atomic mass is 32.2. The first-order valence-electron chi connectivity index (χ1n) is 14.4. The van der Waals surface area contributed by atoms with Gasteiger partial charge in [0.25, 0.3) is 0 Å². The second-order valence-electron chi connectivity index (χ2n) is 10.4. The Labute approximate surface area is 264 Å². The summed E-state index contributed by atoms with van der Waals surface area (Å²) < 4.78 is 78.1. The number of unbranched alkanes of at least 4 members (excludes halogenated alkanes) is 1. The summed E-state index contributed by atoms with van der Waals surface area (Å²) in [6.07, 6.45) is -5.29. The maximum atomic E-state index is 12.7. The van der Waals surface area contributed by atoms with Crippen LogP contribution in [0.25, 0.3) is 11.1 Å². The molecular formula is C32H33F3N2O8S. The molecule has 0 bridgehead atoms. The van der Waals surface area contributed by atoms with Gasteiger partial charge in [0, 0.05) is 12.5 Å². The Bertz CT molecular complexity index is 1600. The molecule has 4 rings (SSSR count). The lowest BCUT2D eigenvalue weighted by Crippen LogP contribution is -2.42. The molecular weight excluding hydrogens is 629 g/mol. The first kappa shape index (κ1) is 34.3. The van der Waals surface area contributed by atoms with Crippen molar-refractivity contribution in [1.82, 2.24) is 10.6 Å². The van der Waals surface area contributed by atoms with Crippen molar-refractivity contribution in [2.45, 2.75) is 42.3 Å². The Hall–Kier alpha value is -4.59. The zero-order chi connectivity index (χ0) is 33.3. The number of hydrogen-bond donors (Lipinski definition) is 2. The van der Waals surface area contributed by atoms with Crippen LogP contribution in [0.2, 0.25) is 0 Å². The van der Waals surface area contributed by atoms with Crippen LogP contribution < -0.4 is 10.6 Å². The maximum Gasteiger partial charge on any atom is 0.416 e. The maximum absolute atomic E-state index is 12.7. The number of carbonyl (C=O) groups excluding carboxylic acids is 3. The summed E-state index contributed by atoms with van der Waals surface area (Å²) in [6.45, 7) is -0.189. The highest BCUT2D eigenvalue weighted by molar-refractivity contribution is 7.91. The van der Waals surface area contributed by atoms with Gasteiger partial charge in [-0.05, 0) is 65.8 Å². The number of amides is 2. The third-order valence-electron chi connectivity index (χ3n) is 7.44. The zero-order valence-corrected chi connectivity index (χ0v) is 25.7. The summed E-state index contributed by atoms with van der Waals surface area (Å²) in [4.78, 5) is 36.4. The summed E-state index contributed by atoms with van der Waals surface area (Å²) in [7, 11) is -2.90. The standard InChI is InChI=1S/C32H33F3N2O8S/c1-43-29(38)28(37-31(40)44-18-19-46(41,42)22-15-13-21(14-16-22)32(33,34)35)12-6-7-17-36-30(39)45-20-27-25-10-4-2-8-23(25)24-9-3-5-11-26(24)27/h2-5,8-11,13-16,27-28H,6-7,12,17-20H2,1H3,(H,36,39)(H,37,40)/t28-/m0/s1. The monoisotopic (exact) mass is 662 g/mol. The topological polar surface area (TPSA) is 137 Å². The number of alkyl carbamates (subject to hydrolysis) is 2. The Morgan fingerprint density at radius 2 is 1.46 bits per heavy atom. The third-order valence-corrected chi connectivity index (χ3v) is 9.13. The number of halogens is 3. The predicted octanol–water partition coefficient (Wildman–Crippen LogP) is 5.46. The number of esters is 1. The van der Waals surface area contributed by atoms with Gasteiger partial charge in [0.05, 0.1) is 23.3 Å². The molecule has 0 aliphatic heterocycles. The lowest BCUT2D eigenvalue weighted by molar-refractivity contribution is -0.143. The van der Waals surface area contributed by atoms with Crippen LogP contribution in [0.1, 0.15) is 41.9 Å². The van der Waals surface area contributed by atoms with Crippen LogP contribution in [-0.4, -0.2) is 65.2 Å². The molecule has 10 nitrogen and oxygen atoms in total. The minimum absolute atomic E-state index is 0.0743. The Kier molecular flexibility index (Phi) is 11.3. The lowest BCUT2D eigenvalue weighted by Gasteiger charge is -2.17. The van der Waals surface area contributed by atoms with Gasteiger partial charge in [-0.1, -0.05) is 48.5 Å². The number of ether oxygens (including phenoxy) is 3. The van der Waals surface area contributed by atoms with Gasteiger partial charge in [-0.25, -0.2) is 22.8 Å². The molecule has 0 aromatic heterocycles. The van der Waals surface area contributed by atoms with Crippen molar-refractivity contribution in [3.63, 3.8) is 0 Å². The Morgan fingerprint density at radius 3 is 2.04 bits per heavy atom. The number of hydrogen-bond acceptors (Lipinski definition) is 8. The molecule has 46 heavy (non-hydrogen) atoms. The number of benzene rings is 3. The number of sulfone groups is 1. The van der Waals surface area contributed by atoms with Crippen LogP contribution in [0, 0.1) is 0 Å². The van der Waals surface area contributed by atoms with E-state index in [0.29, 0.717) is 25.0 Å². The molecule has 0 unspecified atom stereocenters. The van der Waals surface area contributed by atoms with E-state index in [1.54, 1.807) is 0 Å². The minimum atomic E-state index is -4.61. The number of rotatable bonds is 13. The van der Waals surface area contributed by atoms with E-state index in [2.05, 4.69) is 10.6 Å². The Morgan fingerprint density at radius 1 is 0.848 bits per heavy atom. The minimum Gasteiger partial charge on any atom is -0.467 e. The van der Waals surface area contributed by atoms with Crippen molar-refractivity contribution < 1.29 is 50.2 Å². The van der Waals surface area contributed by atoms with Crippen LogP contribution in [-0.2, 0) is 35.0 Å². The summed E-state index contributed by atoms with van der Waals surface area (Å²) >= 11 is 0. The van der Waals surface area contributed by atoms with Crippen molar-refractivity contribution in [2.75, 3.05) is 32.6 Å². The number of methoxy groups -OCH3 is 1. The van der Waals surface area contributed by atoms with Crippen molar-refractivity contribution in [3.05, 3.63) is 89.5 Å². The molecule has 14 heteroatoms. The summed E-state index contributed by atoms with van der Waals surface area (Å²) in [5.74, 6) is -1.51. The van der Waals surface area contributed by atoms with E-state index in [1.807, 2.05) is 48.5 Å². The lowest BCUT2D eigenvalue weighted by atomic mass is 9.98. The van der Waals surface area contributed by atoms with E-state index in [4.69, 9.17) is 14.2 Å². The van der Waals surface area contributed by atoms with Crippen LogP contribution in [0.5, 0.6) is 0 Å². The van der Waals surface area contributed by atoms with Gasteiger partial charge < -0.3 is 24.8 Å². The Balaban J connectivity index is 1.16. The summed E-state index contributed by atoms with van der Waals surface area (Å²) in [5, 5.41) is 4.99. The van der Waals surface area contributed by atoms with Crippen LogP contribution >= 0.6 is 0 Å². The van der Waals surface area contributed by atoms with Gasteiger partial charge in [-0.15, -0.1) is 0 Å². The van der Waals surface area contributed by atoms with E-state index in [1.165, 1.54) is 0 Å². The van der Waals surface area contributed by atoms with Gasteiger partial charge in [0.2, 0.25) is 0 Å². The molecule has 3 aromatic carbocycles. The predicted molar refractivity (Wildman–Crippen MR) is 161 cm³/mol. The van der Waals surface area contributed by atoms with Crippen LogP contribution in [0.4, 0.5) is 22.8 Å². The van der Waals surface area contributed by atoms with Crippen molar-refractivity contribution >= 4 is 28.0 Å². The van der Waals surface area contributed by atoms with E-state index in [9.17, 15) is 36.0 Å². The first-order chi connectivity index (χ1) is 21.9. The molecule has 0 saturated heterocycles. The molecule has 0 saturated carbocycles.